The van der Waals surface area contributed by atoms with Crippen molar-refractivity contribution in [2.75, 3.05) is 0 Å². The standard InChI is InChI=1S/C8H19Ge.C2H7Ge/c1-3-5-7-9-8-6-4-2;1-3-2/h9H,3-8H2,1-2H3;3H,1-2H3. The Balaban J connectivity index is 0. The van der Waals surface area contributed by atoms with Gasteiger partial charge in [-0.25, -0.2) is 0 Å². The van der Waals surface area contributed by atoms with Crippen LogP contribution in [0.3, 0.4) is 0 Å². The van der Waals surface area contributed by atoms with Crippen LogP contribution < -0.4 is 0 Å². The van der Waals surface area contributed by atoms with Crippen molar-refractivity contribution in [3.05, 3.63) is 0 Å². The predicted molar refractivity (Wildman–Crippen MR) is 65.5 cm³/mol. The molecule has 0 nitrogen and oxygen atoms in total. The van der Waals surface area contributed by atoms with Crippen molar-refractivity contribution in [2.24, 2.45) is 0 Å². The van der Waals surface area contributed by atoms with E-state index in [-0.39, 0.29) is 15.4 Å². The van der Waals surface area contributed by atoms with E-state index in [0.29, 0.717) is 15.4 Å². The van der Waals surface area contributed by atoms with Gasteiger partial charge in [0.15, 0.2) is 0 Å². The summed E-state index contributed by atoms with van der Waals surface area (Å²) in [6.07, 6.45) is 5.82. The summed E-state index contributed by atoms with van der Waals surface area (Å²) in [5, 5.41) is 3.22. The normalized spacial score (nSPS) is 9.00. The van der Waals surface area contributed by atoms with Gasteiger partial charge >= 0.3 is 92.4 Å². The second kappa shape index (κ2) is 18.0. The van der Waals surface area contributed by atoms with E-state index < -0.39 is 0 Å². The van der Waals surface area contributed by atoms with E-state index in [1.165, 1.54) is 25.7 Å². The molecule has 12 heavy (non-hydrogen) atoms. The first-order valence-electron chi connectivity index (χ1n) is 5.39. The van der Waals surface area contributed by atoms with E-state index in [0.717, 1.165) is 0 Å². The number of hydrogen-bond donors (Lipinski definition) is 0. The van der Waals surface area contributed by atoms with Gasteiger partial charge in [0.1, 0.15) is 0 Å². The van der Waals surface area contributed by atoms with Crippen molar-refractivity contribution < 1.29 is 0 Å². The Hall–Kier alpha value is 1.09. The van der Waals surface area contributed by atoms with E-state index in [1.54, 1.807) is 10.5 Å². The van der Waals surface area contributed by atoms with Crippen LogP contribution in [-0.2, 0) is 0 Å². The van der Waals surface area contributed by atoms with Gasteiger partial charge in [0.05, 0.1) is 0 Å². The van der Waals surface area contributed by atoms with Crippen molar-refractivity contribution >= 4 is 30.9 Å². The summed E-state index contributed by atoms with van der Waals surface area (Å²) in [4.78, 5) is 0. The van der Waals surface area contributed by atoms with Gasteiger partial charge in [0, 0.05) is 0 Å². The van der Waals surface area contributed by atoms with Crippen LogP contribution in [0.25, 0.3) is 0 Å². The molecular weight excluding hydrogens is 265 g/mol. The van der Waals surface area contributed by atoms with Crippen LogP contribution in [0.5, 0.6) is 0 Å². The number of unbranched alkanes of at least 4 members (excludes halogenated alkanes) is 2. The Morgan fingerprint density at radius 3 is 1.42 bits per heavy atom. The maximum absolute atomic E-state index is 2.29. The van der Waals surface area contributed by atoms with E-state index >= 15 is 0 Å². The zero-order valence-electron chi connectivity index (χ0n) is 9.40. The van der Waals surface area contributed by atoms with Gasteiger partial charge < -0.3 is 0 Å². The molecule has 0 aromatic rings. The van der Waals surface area contributed by atoms with E-state index in [2.05, 4.69) is 25.4 Å². The molecule has 0 amide bonds. The van der Waals surface area contributed by atoms with Crippen molar-refractivity contribution in [1.29, 1.82) is 0 Å². The van der Waals surface area contributed by atoms with Gasteiger partial charge in [0.2, 0.25) is 0 Å². The Kier molecular flexibility index (Phi) is 23.3. The van der Waals surface area contributed by atoms with Gasteiger partial charge in [-0.3, -0.25) is 0 Å². The van der Waals surface area contributed by atoms with Crippen LogP contribution in [-0.4, -0.2) is 30.9 Å². The molecule has 2 heteroatoms. The molecule has 0 aromatic carbocycles. The van der Waals surface area contributed by atoms with E-state index in [9.17, 15) is 0 Å². The van der Waals surface area contributed by atoms with Gasteiger partial charge in [-0.05, 0) is 0 Å². The van der Waals surface area contributed by atoms with Gasteiger partial charge in [-0.1, -0.05) is 0 Å². The fourth-order valence-electron chi connectivity index (χ4n) is 0.841. The van der Waals surface area contributed by atoms with Crippen LogP contribution in [0.2, 0.25) is 22.0 Å². The Bertz CT molecular complexity index is 49.8. The molecule has 0 saturated heterocycles. The minimum atomic E-state index is 0.255. The number of rotatable bonds is 6. The topological polar surface area (TPSA) is 0 Å². The molecule has 0 aromatic heterocycles. The molecule has 0 rings (SSSR count). The third-order valence-corrected chi connectivity index (χ3v) is 4.95. The average molecular weight is 292 g/mol. The molecule has 0 spiro atoms. The molecule has 0 aliphatic heterocycles. The first kappa shape index (κ1) is 15.6. The third kappa shape index (κ3) is 22.5. The van der Waals surface area contributed by atoms with Crippen LogP contribution in [0.15, 0.2) is 0 Å². The molecule has 0 atom stereocenters. The predicted octanol–water partition coefficient (Wildman–Crippen LogP) is 3.38. The molecular formula is C10H26Ge2. The fraction of sp³-hybridized carbons (Fsp3) is 1.00. The van der Waals surface area contributed by atoms with Gasteiger partial charge in [0.25, 0.3) is 0 Å². The van der Waals surface area contributed by atoms with Crippen molar-refractivity contribution in [1.82, 2.24) is 0 Å². The number of hydrogen-bond acceptors (Lipinski definition) is 0. The SMILES string of the molecule is CCC[CH2][GeH][CH2]CCC.[CH3][GeH][CH3]. The molecule has 0 bridgehead atoms. The Morgan fingerprint density at radius 2 is 1.17 bits per heavy atom. The molecule has 0 aliphatic rings. The molecule has 0 saturated carbocycles. The quantitative estimate of drug-likeness (QED) is 0.520. The van der Waals surface area contributed by atoms with E-state index in [4.69, 9.17) is 0 Å². The maximum atomic E-state index is 2.29. The zero-order valence-corrected chi connectivity index (χ0v) is 14.2. The summed E-state index contributed by atoms with van der Waals surface area (Å²) in [5.41, 5.74) is 0. The zero-order chi connectivity index (χ0) is 9.66. The molecule has 74 valence electrons. The third-order valence-electron chi connectivity index (χ3n) is 1.52. The molecule has 0 heterocycles. The van der Waals surface area contributed by atoms with Crippen molar-refractivity contribution in [3.63, 3.8) is 0 Å². The summed E-state index contributed by atoms with van der Waals surface area (Å²) >= 11 is 0.568. The second-order valence-corrected chi connectivity index (χ2v) is 9.21. The fourth-order valence-corrected chi connectivity index (χ4v) is 4.37. The molecule has 0 unspecified atom stereocenters. The average Bonchev–Trinajstić information content (AvgIpc) is 2.06. The first-order valence-corrected chi connectivity index (χ1v) is 13.7. The summed E-state index contributed by atoms with van der Waals surface area (Å²) in [6, 6.07) is 0. The first-order chi connectivity index (χ1) is 5.83. The van der Waals surface area contributed by atoms with Crippen molar-refractivity contribution in [3.8, 4) is 0 Å². The Labute approximate surface area is 92.2 Å². The summed E-state index contributed by atoms with van der Waals surface area (Å²) in [5.74, 6) is 4.56. The van der Waals surface area contributed by atoms with Gasteiger partial charge in [-0.15, -0.1) is 0 Å². The van der Waals surface area contributed by atoms with E-state index in [1.807, 2.05) is 0 Å². The molecule has 0 N–H and O–H groups in total. The minimum absolute atomic E-state index is 0.255. The van der Waals surface area contributed by atoms with Crippen LogP contribution in [0.1, 0.15) is 39.5 Å². The monoisotopic (exact) mass is 294 g/mol. The van der Waals surface area contributed by atoms with Crippen LogP contribution in [0.4, 0.5) is 0 Å². The van der Waals surface area contributed by atoms with Gasteiger partial charge in [-0.2, -0.15) is 0 Å². The molecule has 0 fully saturated rings. The van der Waals surface area contributed by atoms with Crippen LogP contribution in [0, 0.1) is 0 Å². The second-order valence-electron chi connectivity index (χ2n) is 3.15. The summed E-state index contributed by atoms with van der Waals surface area (Å²) in [7, 11) is 0. The summed E-state index contributed by atoms with van der Waals surface area (Å²) < 4.78 is 0. The van der Waals surface area contributed by atoms with Crippen molar-refractivity contribution in [2.45, 2.75) is 61.5 Å². The van der Waals surface area contributed by atoms with Crippen LogP contribution >= 0.6 is 0 Å². The molecule has 2 radical (unpaired) electrons. The summed E-state index contributed by atoms with van der Waals surface area (Å²) in [6.45, 7) is 4.58. The molecule has 0 aliphatic carbocycles. The Morgan fingerprint density at radius 1 is 0.833 bits per heavy atom.